The number of nitrogens with zero attached hydrogens (tertiary/aromatic N) is 4. The van der Waals surface area contributed by atoms with Gasteiger partial charge in [-0.05, 0) is 71.9 Å². The van der Waals surface area contributed by atoms with E-state index < -0.39 is 11.2 Å². The van der Waals surface area contributed by atoms with E-state index in [0.717, 1.165) is 38.2 Å². The molecule has 45 heavy (non-hydrogen) atoms. The lowest BCUT2D eigenvalue weighted by atomic mass is 10.1. The van der Waals surface area contributed by atoms with Crippen LogP contribution in [0.3, 0.4) is 0 Å². The van der Waals surface area contributed by atoms with Crippen molar-refractivity contribution in [2.45, 2.75) is 97.1 Å². The fourth-order valence-electron chi connectivity index (χ4n) is 5.71. The zero-order valence-corrected chi connectivity index (χ0v) is 28.1. The summed E-state index contributed by atoms with van der Waals surface area (Å²) >= 11 is 0. The van der Waals surface area contributed by atoms with Gasteiger partial charge in [-0.15, -0.1) is 0 Å². The van der Waals surface area contributed by atoms with Crippen LogP contribution in [0.15, 0.2) is 60.7 Å². The molecule has 0 radical (unpaired) electrons. The molecular weight excluding hydrogens is 568 g/mol. The molecule has 2 aromatic carbocycles. The van der Waals surface area contributed by atoms with Gasteiger partial charge in [-0.2, -0.15) is 0 Å². The van der Waals surface area contributed by atoms with E-state index in [1.165, 1.54) is 18.4 Å². The molecule has 0 N–H and O–H groups in total. The topological polar surface area (TPSA) is 82.6 Å². The van der Waals surface area contributed by atoms with Gasteiger partial charge in [0.15, 0.2) is 0 Å². The quantitative estimate of drug-likeness (QED) is 0.398. The smallest absolute Gasteiger partial charge is 0.410 e. The van der Waals surface area contributed by atoms with Crippen LogP contribution in [0.5, 0.6) is 0 Å². The number of hydrogen-bond acceptors (Lipinski definition) is 6. The van der Waals surface area contributed by atoms with Crippen molar-refractivity contribution in [1.29, 1.82) is 0 Å². The van der Waals surface area contributed by atoms with Crippen molar-refractivity contribution in [2.24, 2.45) is 0 Å². The molecular formula is C36H52N4O5. The lowest BCUT2D eigenvalue weighted by Gasteiger charge is -2.29. The zero-order valence-electron chi connectivity index (χ0n) is 28.1. The Morgan fingerprint density at radius 1 is 0.644 bits per heavy atom. The third kappa shape index (κ3) is 10.8. The number of rotatable bonds is 4. The molecule has 9 heteroatoms. The molecule has 5 rings (SSSR count). The highest BCUT2D eigenvalue weighted by atomic mass is 16.6. The van der Waals surface area contributed by atoms with E-state index in [1.807, 2.05) is 76.8 Å². The molecule has 9 nitrogen and oxygen atoms in total. The summed E-state index contributed by atoms with van der Waals surface area (Å²) in [6, 6.07) is 20.5. The molecule has 0 aromatic heterocycles. The van der Waals surface area contributed by atoms with Gasteiger partial charge in [0.1, 0.15) is 11.2 Å². The van der Waals surface area contributed by atoms with Crippen molar-refractivity contribution in [3.63, 3.8) is 0 Å². The lowest BCUT2D eigenvalue weighted by Crippen LogP contribution is -2.39. The minimum atomic E-state index is -0.517. The number of amides is 3. The van der Waals surface area contributed by atoms with Crippen LogP contribution in [-0.2, 0) is 27.4 Å². The largest absolute Gasteiger partial charge is 0.444 e. The summed E-state index contributed by atoms with van der Waals surface area (Å²) in [4.78, 5) is 44.6. The summed E-state index contributed by atoms with van der Waals surface area (Å²) in [6.45, 7) is 16.8. The third-order valence-electron chi connectivity index (χ3n) is 8.31. The van der Waals surface area contributed by atoms with Crippen LogP contribution in [0, 0.1) is 0 Å². The van der Waals surface area contributed by atoms with E-state index in [9.17, 15) is 14.4 Å². The van der Waals surface area contributed by atoms with Crippen LogP contribution in [-0.4, -0.2) is 93.7 Å². The Morgan fingerprint density at radius 2 is 1.13 bits per heavy atom. The van der Waals surface area contributed by atoms with E-state index >= 15 is 0 Å². The summed E-state index contributed by atoms with van der Waals surface area (Å²) < 4.78 is 10.9. The minimum Gasteiger partial charge on any atom is -0.444 e. The minimum absolute atomic E-state index is 0.0786. The number of carbonyl (C=O) groups excluding carboxylic acids is 3. The highest BCUT2D eigenvalue weighted by Crippen LogP contribution is 2.46. The molecule has 3 amide bonds. The first-order chi connectivity index (χ1) is 21.2. The summed E-state index contributed by atoms with van der Waals surface area (Å²) in [5.74, 6) is 0.0786. The van der Waals surface area contributed by atoms with Gasteiger partial charge >= 0.3 is 12.2 Å². The Labute approximate surface area is 269 Å². The van der Waals surface area contributed by atoms with E-state index in [1.54, 1.807) is 9.80 Å². The van der Waals surface area contributed by atoms with E-state index in [2.05, 4.69) is 35.2 Å². The molecule has 1 aliphatic carbocycles. The van der Waals surface area contributed by atoms with Gasteiger partial charge in [0, 0.05) is 64.3 Å². The van der Waals surface area contributed by atoms with E-state index in [4.69, 9.17) is 9.47 Å². The molecule has 2 heterocycles. The van der Waals surface area contributed by atoms with Crippen molar-refractivity contribution >= 4 is 18.1 Å². The first-order valence-electron chi connectivity index (χ1n) is 16.3. The summed E-state index contributed by atoms with van der Waals surface area (Å²) in [7, 11) is 0. The molecule has 2 aromatic rings. The number of ether oxygens (including phenoxy) is 2. The Kier molecular flexibility index (Phi) is 11.2. The van der Waals surface area contributed by atoms with Crippen molar-refractivity contribution < 1.29 is 23.9 Å². The fraction of sp³-hybridized carbons (Fsp3) is 0.583. The average molecular weight is 621 g/mol. The molecule has 0 bridgehead atoms. The van der Waals surface area contributed by atoms with Crippen LogP contribution in [0.2, 0.25) is 0 Å². The van der Waals surface area contributed by atoms with Gasteiger partial charge in [0.2, 0.25) is 5.91 Å². The van der Waals surface area contributed by atoms with E-state index in [0.29, 0.717) is 38.1 Å². The standard InChI is InChI=1S/C19H28N2O2.C17H24N2O3/c1-18(2,3)23-17(22)20-12-11-19(9-10-19)21(14-13-20)15-16-7-5-4-6-8-16;1-17(2,3)22-16(21)18-10-9-15(20)19(12-11-18)13-14-7-5-4-6-8-14/h4-8H,9-15H2,1-3H3;4-8H,9-13H2,1-3H3. The molecule has 2 saturated heterocycles. The molecule has 1 spiro atoms. The fourth-order valence-corrected chi connectivity index (χ4v) is 5.71. The number of carbonyl (C=O) groups is 3. The van der Waals surface area contributed by atoms with Gasteiger partial charge in [0.25, 0.3) is 0 Å². The predicted molar refractivity (Wildman–Crippen MR) is 176 cm³/mol. The molecule has 246 valence electrons. The molecule has 2 aliphatic heterocycles. The first kappa shape index (κ1) is 34.3. The van der Waals surface area contributed by atoms with Gasteiger partial charge in [-0.1, -0.05) is 60.7 Å². The van der Waals surface area contributed by atoms with Gasteiger partial charge in [0.05, 0.1) is 0 Å². The highest BCUT2D eigenvalue weighted by Gasteiger charge is 2.49. The molecule has 0 atom stereocenters. The van der Waals surface area contributed by atoms with Crippen LogP contribution in [0.1, 0.15) is 78.4 Å². The van der Waals surface area contributed by atoms with Crippen LogP contribution >= 0.6 is 0 Å². The van der Waals surface area contributed by atoms with Crippen molar-refractivity contribution in [3.8, 4) is 0 Å². The highest BCUT2D eigenvalue weighted by molar-refractivity contribution is 5.78. The predicted octanol–water partition coefficient (Wildman–Crippen LogP) is 6.32. The zero-order chi connectivity index (χ0) is 32.7. The Morgan fingerprint density at radius 3 is 1.64 bits per heavy atom. The monoisotopic (exact) mass is 620 g/mol. The average Bonchev–Trinajstić information content (AvgIpc) is 3.79. The van der Waals surface area contributed by atoms with Crippen LogP contribution in [0.25, 0.3) is 0 Å². The second kappa shape index (κ2) is 14.7. The molecule has 1 saturated carbocycles. The van der Waals surface area contributed by atoms with Crippen LogP contribution in [0.4, 0.5) is 9.59 Å². The normalized spacial score (nSPS) is 18.8. The maximum atomic E-state index is 12.3. The van der Waals surface area contributed by atoms with E-state index in [-0.39, 0.29) is 18.1 Å². The summed E-state index contributed by atoms with van der Waals surface area (Å²) in [6.07, 6.45) is 3.38. The number of benzene rings is 2. The van der Waals surface area contributed by atoms with Crippen molar-refractivity contribution in [1.82, 2.24) is 19.6 Å². The first-order valence-corrected chi connectivity index (χ1v) is 16.3. The summed E-state index contributed by atoms with van der Waals surface area (Å²) in [5, 5.41) is 0. The molecule has 3 aliphatic rings. The SMILES string of the molecule is CC(C)(C)OC(=O)N1CCC(=O)N(Cc2ccccc2)CC1.CC(C)(C)OC(=O)N1CCN(Cc2ccccc2)C2(CC1)CC2. The Balaban J connectivity index is 0.000000205. The van der Waals surface area contributed by atoms with Crippen molar-refractivity contribution in [3.05, 3.63) is 71.8 Å². The van der Waals surface area contributed by atoms with Gasteiger partial charge in [-0.3, -0.25) is 9.69 Å². The second-order valence-electron chi connectivity index (χ2n) is 14.4. The van der Waals surface area contributed by atoms with Crippen LogP contribution < -0.4 is 0 Å². The number of hydrogen-bond donors (Lipinski definition) is 0. The van der Waals surface area contributed by atoms with Gasteiger partial charge in [-0.25, -0.2) is 9.59 Å². The molecule has 0 unspecified atom stereocenters. The maximum absolute atomic E-state index is 12.3. The maximum Gasteiger partial charge on any atom is 0.410 e. The molecule has 3 fully saturated rings. The van der Waals surface area contributed by atoms with Gasteiger partial charge < -0.3 is 24.2 Å². The summed E-state index contributed by atoms with van der Waals surface area (Å²) in [5.41, 5.74) is 1.82. The lowest BCUT2D eigenvalue weighted by molar-refractivity contribution is -0.130. The third-order valence-corrected chi connectivity index (χ3v) is 8.31. The Bertz CT molecular complexity index is 1270. The van der Waals surface area contributed by atoms with Crippen molar-refractivity contribution in [2.75, 3.05) is 39.3 Å². The Hall–Kier alpha value is -3.59. The second-order valence-corrected chi connectivity index (χ2v) is 14.4.